The Hall–Kier alpha value is -1.78. The van der Waals surface area contributed by atoms with Crippen LogP contribution in [-0.4, -0.2) is 19.3 Å². The lowest BCUT2D eigenvalue weighted by atomic mass is 10.0. The minimum absolute atomic E-state index is 0.171. The molecule has 2 N–H and O–H groups in total. The second kappa shape index (κ2) is 8.34. The van der Waals surface area contributed by atoms with E-state index in [9.17, 15) is 0 Å². The Kier molecular flexibility index (Phi) is 6.71. The van der Waals surface area contributed by atoms with Crippen LogP contribution in [0.25, 0.3) is 0 Å². The smallest absolute Gasteiger partial charge is 0.161 e. The molecule has 19 heavy (non-hydrogen) atoms. The fourth-order valence-corrected chi connectivity index (χ4v) is 1.88. The van der Waals surface area contributed by atoms with Crippen LogP contribution in [-0.2, 0) is 6.42 Å². The summed E-state index contributed by atoms with van der Waals surface area (Å²) in [6.07, 6.45) is 1.73. The first-order valence-electron chi connectivity index (χ1n) is 6.75. The molecular weight excluding hydrogens is 242 g/mol. The summed E-state index contributed by atoms with van der Waals surface area (Å²) in [5.74, 6) is 1.55. The van der Waals surface area contributed by atoms with Crippen molar-refractivity contribution in [2.45, 2.75) is 39.7 Å². The molecule has 1 atom stereocenters. The fourth-order valence-electron chi connectivity index (χ4n) is 1.88. The molecule has 0 bridgehead atoms. The fraction of sp³-hybridized carbons (Fsp3) is 0.571. The van der Waals surface area contributed by atoms with E-state index in [1.165, 1.54) is 0 Å². The maximum atomic E-state index is 6.87. The van der Waals surface area contributed by atoms with Crippen LogP contribution in [0.3, 0.4) is 0 Å². The maximum Gasteiger partial charge on any atom is 0.161 e. The monoisotopic (exact) mass is 265 g/mol. The quantitative estimate of drug-likeness (QED) is 0.531. The van der Waals surface area contributed by atoms with Crippen molar-refractivity contribution in [3.8, 4) is 11.5 Å². The van der Waals surface area contributed by atoms with Crippen LogP contribution in [0.2, 0.25) is 0 Å². The molecule has 106 valence electrons. The van der Waals surface area contributed by atoms with Crippen molar-refractivity contribution in [2.75, 3.05) is 13.2 Å². The number of rotatable bonds is 9. The maximum absolute atomic E-state index is 6.87. The Balaban J connectivity index is 2.84. The number of hydrogen-bond donors (Lipinski definition) is 2. The highest BCUT2D eigenvalue weighted by molar-refractivity contribution is 5.43. The molecule has 1 rings (SSSR count). The normalized spacial score (nSPS) is 11.7. The van der Waals surface area contributed by atoms with Crippen molar-refractivity contribution in [2.24, 2.45) is 5.22 Å². The number of benzene rings is 1. The van der Waals surface area contributed by atoms with E-state index in [-0.39, 0.29) is 6.04 Å². The average molecular weight is 265 g/mol. The standard InChI is InChI=1S/C14H23N3O2/c1-4-12(16-17-15)9-11-7-8-13(18-5-2)14(10-11)19-6-3/h7-8,10,12H,4-6,9H2,1-3H3,(H2,15,16). The first-order chi connectivity index (χ1) is 9.24. The molecule has 1 aromatic rings. The van der Waals surface area contributed by atoms with Gasteiger partial charge < -0.3 is 9.47 Å². The lowest BCUT2D eigenvalue weighted by molar-refractivity contribution is 0.287. The highest BCUT2D eigenvalue weighted by Crippen LogP contribution is 2.29. The van der Waals surface area contributed by atoms with Gasteiger partial charge in [0.15, 0.2) is 11.5 Å². The Morgan fingerprint density at radius 1 is 1.16 bits per heavy atom. The molecule has 0 saturated carbocycles. The van der Waals surface area contributed by atoms with E-state index in [0.717, 1.165) is 29.9 Å². The van der Waals surface area contributed by atoms with E-state index in [1.54, 1.807) is 0 Å². The van der Waals surface area contributed by atoms with Crippen molar-refractivity contribution < 1.29 is 9.47 Å². The molecule has 0 aliphatic carbocycles. The lowest BCUT2D eigenvalue weighted by Gasteiger charge is -2.16. The van der Waals surface area contributed by atoms with Gasteiger partial charge in [0.25, 0.3) is 0 Å². The van der Waals surface area contributed by atoms with Crippen molar-refractivity contribution >= 4 is 0 Å². The minimum Gasteiger partial charge on any atom is -0.490 e. The van der Waals surface area contributed by atoms with Crippen molar-refractivity contribution in [3.63, 3.8) is 0 Å². The number of nitrogens with one attached hydrogen (secondary N) is 2. The van der Waals surface area contributed by atoms with Crippen molar-refractivity contribution in [1.29, 1.82) is 5.53 Å². The SMILES string of the molecule is CCOc1ccc(CC(CC)NN=N)cc1OCC. The van der Waals surface area contributed by atoms with Gasteiger partial charge >= 0.3 is 0 Å². The van der Waals surface area contributed by atoms with E-state index in [2.05, 4.69) is 17.6 Å². The van der Waals surface area contributed by atoms with Gasteiger partial charge in [-0.25, -0.2) is 0 Å². The average Bonchev–Trinajstić information content (AvgIpc) is 2.41. The van der Waals surface area contributed by atoms with Gasteiger partial charge in [-0.05, 0) is 44.4 Å². The molecule has 5 nitrogen and oxygen atoms in total. The molecule has 0 aliphatic rings. The first kappa shape index (κ1) is 15.3. The van der Waals surface area contributed by atoms with Crippen molar-refractivity contribution in [3.05, 3.63) is 23.8 Å². The second-order valence-corrected chi connectivity index (χ2v) is 4.20. The van der Waals surface area contributed by atoms with Crippen LogP contribution in [0.1, 0.15) is 32.8 Å². The summed E-state index contributed by atoms with van der Waals surface area (Å²) >= 11 is 0. The summed E-state index contributed by atoms with van der Waals surface area (Å²) in [5, 5.41) is 3.25. The summed E-state index contributed by atoms with van der Waals surface area (Å²) in [4.78, 5) is 0. The van der Waals surface area contributed by atoms with Crippen LogP contribution in [0, 0.1) is 5.53 Å². The highest BCUT2D eigenvalue weighted by Gasteiger charge is 2.10. The molecule has 1 aromatic carbocycles. The second-order valence-electron chi connectivity index (χ2n) is 4.20. The van der Waals surface area contributed by atoms with Gasteiger partial charge in [0.2, 0.25) is 0 Å². The molecule has 0 fully saturated rings. The van der Waals surface area contributed by atoms with Gasteiger partial charge in [0, 0.05) is 6.04 Å². The summed E-state index contributed by atoms with van der Waals surface area (Å²) in [6.45, 7) is 7.21. The van der Waals surface area contributed by atoms with E-state index >= 15 is 0 Å². The molecule has 0 aliphatic heterocycles. The van der Waals surface area contributed by atoms with Crippen LogP contribution >= 0.6 is 0 Å². The van der Waals surface area contributed by atoms with Crippen LogP contribution in [0.15, 0.2) is 23.4 Å². The van der Waals surface area contributed by atoms with Gasteiger partial charge in [0.1, 0.15) is 0 Å². The topological polar surface area (TPSA) is 66.7 Å². The van der Waals surface area contributed by atoms with Gasteiger partial charge in [0.05, 0.1) is 13.2 Å². The Morgan fingerprint density at radius 2 is 1.84 bits per heavy atom. The molecule has 0 amide bonds. The van der Waals surface area contributed by atoms with E-state index in [4.69, 9.17) is 15.0 Å². The van der Waals surface area contributed by atoms with Crippen LogP contribution in [0.4, 0.5) is 0 Å². The first-order valence-corrected chi connectivity index (χ1v) is 6.75. The predicted octanol–water partition coefficient (Wildman–Crippen LogP) is 3.34. The molecule has 0 saturated heterocycles. The highest BCUT2D eigenvalue weighted by atomic mass is 16.5. The largest absolute Gasteiger partial charge is 0.490 e. The molecule has 0 radical (unpaired) electrons. The summed E-state index contributed by atoms with van der Waals surface area (Å²) in [6, 6.07) is 6.14. The van der Waals surface area contributed by atoms with Crippen molar-refractivity contribution in [1.82, 2.24) is 5.43 Å². The zero-order valence-electron chi connectivity index (χ0n) is 11.9. The Morgan fingerprint density at radius 3 is 2.42 bits per heavy atom. The predicted molar refractivity (Wildman–Crippen MR) is 74.8 cm³/mol. The third-order valence-electron chi connectivity index (χ3n) is 2.83. The molecular formula is C14H23N3O2. The molecule has 0 heterocycles. The number of nitrogens with zero attached hydrogens (tertiary/aromatic N) is 1. The number of hydrogen-bond acceptors (Lipinski definition) is 4. The third-order valence-corrected chi connectivity index (χ3v) is 2.83. The van der Waals surface area contributed by atoms with Gasteiger partial charge in [-0.2, -0.15) is 5.53 Å². The third kappa shape index (κ3) is 4.77. The van der Waals surface area contributed by atoms with Crippen LogP contribution < -0.4 is 14.9 Å². The van der Waals surface area contributed by atoms with Gasteiger partial charge in [-0.1, -0.05) is 18.2 Å². The summed E-state index contributed by atoms with van der Waals surface area (Å²) < 4.78 is 11.1. The summed E-state index contributed by atoms with van der Waals surface area (Å²) in [7, 11) is 0. The molecule has 0 aromatic heterocycles. The minimum atomic E-state index is 0.171. The Bertz CT molecular complexity index is 396. The van der Waals surface area contributed by atoms with Crippen LogP contribution in [0.5, 0.6) is 11.5 Å². The lowest BCUT2D eigenvalue weighted by Crippen LogP contribution is -2.25. The molecule has 1 unspecified atom stereocenters. The molecule has 0 spiro atoms. The van der Waals surface area contributed by atoms with E-state index < -0.39 is 0 Å². The zero-order chi connectivity index (χ0) is 14.1. The zero-order valence-corrected chi connectivity index (χ0v) is 11.9. The van der Waals surface area contributed by atoms with E-state index in [1.807, 2.05) is 32.0 Å². The summed E-state index contributed by atoms with van der Waals surface area (Å²) in [5.41, 5.74) is 10.8. The van der Waals surface area contributed by atoms with Gasteiger partial charge in [-0.15, -0.1) is 0 Å². The Labute approximate surface area is 114 Å². The number of ether oxygens (including phenoxy) is 2. The van der Waals surface area contributed by atoms with Gasteiger partial charge in [-0.3, -0.25) is 5.43 Å². The molecule has 5 heteroatoms. The van der Waals surface area contributed by atoms with E-state index in [0.29, 0.717) is 13.2 Å².